The third kappa shape index (κ3) is 4.70. The van der Waals surface area contributed by atoms with Crippen molar-refractivity contribution in [3.8, 4) is 5.88 Å². The van der Waals surface area contributed by atoms with Crippen LogP contribution in [0.1, 0.15) is 5.69 Å². The molecule has 0 aliphatic heterocycles. The number of methoxy groups -OCH3 is 1. The number of ether oxygens (including phenoxy) is 1. The largest absolute Gasteiger partial charge is 0.762 e. The first-order chi connectivity index (χ1) is 11.7. The predicted molar refractivity (Wildman–Crippen MR) is 94.3 cm³/mol. The van der Waals surface area contributed by atoms with E-state index in [1.807, 2.05) is 0 Å². The van der Waals surface area contributed by atoms with E-state index in [1.54, 1.807) is 0 Å². The van der Waals surface area contributed by atoms with Crippen LogP contribution in [0.2, 0.25) is 10.0 Å². The van der Waals surface area contributed by atoms with Crippen LogP contribution in [-0.4, -0.2) is 35.9 Å². The van der Waals surface area contributed by atoms with Gasteiger partial charge in [0.25, 0.3) is 15.9 Å². The molecule has 0 bridgehead atoms. The molecular weight excluding hydrogens is 463 g/mol. The Labute approximate surface area is 161 Å². The molecule has 1 aromatic carbocycles. The molecule has 0 amide bonds. The summed E-state index contributed by atoms with van der Waals surface area (Å²) in [5, 5.41) is 19.1. The zero-order chi connectivity index (χ0) is 18.8. The van der Waals surface area contributed by atoms with Crippen molar-refractivity contribution in [1.82, 2.24) is 15.2 Å². The maximum atomic E-state index is 12.6. The Kier molecular flexibility index (Phi) is 6.43. The molecule has 2 aromatic rings. The quantitative estimate of drug-likeness (QED) is 0.614. The van der Waals surface area contributed by atoms with E-state index in [0.717, 1.165) is 0 Å². The lowest BCUT2D eigenvalue weighted by Crippen LogP contribution is -2.18. The lowest BCUT2D eigenvalue weighted by molar-refractivity contribution is -0.0500. The highest BCUT2D eigenvalue weighted by molar-refractivity contribution is 9.10. The third-order valence-electron chi connectivity index (χ3n) is 2.80. The van der Waals surface area contributed by atoms with Gasteiger partial charge in [-0.05, 0) is 28.1 Å². The van der Waals surface area contributed by atoms with Crippen LogP contribution in [0.5, 0.6) is 5.88 Å². The average Bonchev–Trinajstić information content (AvgIpc) is 2.52. The van der Waals surface area contributed by atoms with E-state index in [1.165, 1.54) is 25.3 Å². The Hall–Kier alpha value is -1.21. The van der Waals surface area contributed by atoms with Crippen LogP contribution in [0, 0.1) is 5.21 Å². The molecule has 0 radical (unpaired) electrons. The first kappa shape index (κ1) is 20.1. The van der Waals surface area contributed by atoms with Crippen molar-refractivity contribution >= 4 is 55.0 Å². The topological polar surface area (TPSA) is 128 Å². The lowest BCUT2D eigenvalue weighted by Gasteiger charge is -2.20. The molecule has 1 aromatic heterocycles. The van der Waals surface area contributed by atoms with Gasteiger partial charge in [0.05, 0.1) is 29.4 Å². The van der Waals surface area contributed by atoms with E-state index >= 15 is 0 Å². The van der Waals surface area contributed by atoms with Gasteiger partial charge in [-0.15, -0.1) is 0 Å². The van der Waals surface area contributed by atoms with E-state index in [2.05, 4.69) is 30.6 Å². The fourth-order valence-electron chi connectivity index (χ4n) is 1.75. The van der Waals surface area contributed by atoms with Gasteiger partial charge < -0.3 is 15.2 Å². The zero-order valence-electron chi connectivity index (χ0n) is 12.4. The van der Waals surface area contributed by atoms with Gasteiger partial charge in [0, 0.05) is 0 Å². The van der Waals surface area contributed by atoms with Crippen LogP contribution in [0.3, 0.4) is 0 Å². The molecule has 0 unspecified atom stereocenters. The van der Waals surface area contributed by atoms with Gasteiger partial charge in [-0.2, -0.15) is 0 Å². The smallest absolute Gasteiger partial charge is 0.264 e. The number of nitrogens with zero attached hydrogens (tertiary/aromatic N) is 3. The molecule has 2 rings (SSSR count). The highest BCUT2D eigenvalue weighted by Crippen LogP contribution is 2.32. The summed E-state index contributed by atoms with van der Waals surface area (Å²) in [6.07, 6.45) is 0. The first-order valence-electron chi connectivity index (χ1n) is 6.36. The van der Waals surface area contributed by atoms with Crippen LogP contribution in [0.25, 0.3) is 0 Å². The van der Waals surface area contributed by atoms with Crippen molar-refractivity contribution in [2.24, 2.45) is 0 Å². The van der Waals surface area contributed by atoms with Crippen LogP contribution in [0.15, 0.2) is 27.7 Å². The molecule has 9 nitrogen and oxygen atoms in total. The summed E-state index contributed by atoms with van der Waals surface area (Å²) in [7, 11) is -2.92. The summed E-state index contributed by atoms with van der Waals surface area (Å²) in [6.45, 7) is -0.551. The van der Waals surface area contributed by atoms with Crippen LogP contribution >= 0.6 is 39.1 Å². The average molecular weight is 473 g/mol. The van der Waals surface area contributed by atoms with Crippen molar-refractivity contribution in [3.05, 3.63) is 43.7 Å². The molecule has 0 aliphatic rings. The first-order valence-corrected chi connectivity index (χ1v) is 9.39. The Balaban J connectivity index is 2.49. The summed E-state index contributed by atoms with van der Waals surface area (Å²) in [5.74, 6) is -0.452. The minimum Gasteiger partial charge on any atom is -0.762 e. The molecule has 25 heavy (non-hydrogen) atoms. The molecular formula is C12H10BrCl2N4O5S-. The fraction of sp³-hybridized carbons (Fsp3) is 0.167. The third-order valence-corrected chi connectivity index (χ3v) is 5.75. The van der Waals surface area contributed by atoms with Gasteiger partial charge >= 0.3 is 0 Å². The number of anilines is 1. The van der Waals surface area contributed by atoms with Crippen LogP contribution < -0.4 is 9.46 Å². The maximum absolute atomic E-state index is 12.6. The number of hydrogen-bond acceptors (Lipinski definition) is 8. The van der Waals surface area contributed by atoms with Gasteiger partial charge in [0.2, 0.25) is 5.82 Å². The second-order valence-corrected chi connectivity index (χ2v) is 7.67. The SMILES string of the molecule is COc1nc(Br)c(CN([O-])O)nc1NS(=O)(=O)c1cccc(Cl)c1Cl. The number of rotatable bonds is 6. The molecule has 0 aliphatic carbocycles. The Morgan fingerprint density at radius 2 is 2.08 bits per heavy atom. The molecule has 2 N–H and O–H groups in total. The summed E-state index contributed by atoms with van der Waals surface area (Å²) in [5.41, 5.74) is -0.0202. The zero-order valence-corrected chi connectivity index (χ0v) is 16.3. The Morgan fingerprint density at radius 3 is 2.68 bits per heavy atom. The number of aromatic nitrogens is 2. The van der Waals surface area contributed by atoms with Crippen molar-refractivity contribution in [2.75, 3.05) is 11.8 Å². The molecule has 136 valence electrons. The molecule has 1 heterocycles. The molecule has 0 saturated carbocycles. The minimum absolute atomic E-state index is 0.0202. The second kappa shape index (κ2) is 7.99. The monoisotopic (exact) mass is 471 g/mol. The molecule has 0 atom stereocenters. The fourth-order valence-corrected chi connectivity index (χ4v) is 3.88. The summed E-state index contributed by atoms with van der Waals surface area (Å²) in [6, 6.07) is 4.11. The van der Waals surface area contributed by atoms with Crippen molar-refractivity contribution in [1.29, 1.82) is 0 Å². The maximum Gasteiger partial charge on any atom is 0.264 e. The Morgan fingerprint density at radius 1 is 1.40 bits per heavy atom. The van der Waals surface area contributed by atoms with Crippen molar-refractivity contribution in [3.63, 3.8) is 0 Å². The van der Waals surface area contributed by atoms with Crippen molar-refractivity contribution < 1.29 is 18.4 Å². The molecule has 0 fully saturated rings. The van der Waals surface area contributed by atoms with E-state index in [0.29, 0.717) is 0 Å². The van der Waals surface area contributed by atoms with Gasteiger partial charge in [-0.1, -0.05) is 29.3 Å². The number of nitrogens with one attached hydrogen (secondary N) is 1. The van der Waals surface area contributed by atoms with Gasteiger partial charge in [-0.3, -0.25) is 9.95 Å². The highest BCUT2D eigenvalue weighted by Gasteiger charge is 2.23. The molecule has 0 saturated heterocycles. The number of hydroxylamine groups is 2. The van der Waals surface area contributed by atoms with Gasteiger partial charge in [0.1, 0.15) is 9.50 Å². The number of halogens is 3. The number of hydrogen-bond donors (Lipinski definition) is 2. The Bertz CT molecular complexity index is 897. The van der Waals surface area contributed by atoms with E-state index < -0.39 is 16.6 Å². The highest BCUT2D eigenvalue weighted by atomic mass is 79.9. The number of sulfonamides is 1. The van der Waals surface area contributed by atoms with Crippen LogP contribution in [0.4, 0.5) is 5.82 Å². The van der Waals surface area contributed by atoms with Gasteiger partial charge in [-0.25, -0.2) is 18.4 Å². The predicted octanol–water partition coefficient (Wildman–Crippen LogP) is 3.04. The summed E-state index contributed by atoms with van der Waals surface area (Å²) in [4.78, 5) is 7.60. The molecule has 13 heteroatoms. The minimum atomic E-state index is -4.18. The summed E-state index contributed by atoms with van der Waals surface area (Å²) < 4.78 is 32.3. The standard InChI is InChI=1S/C12H10BrCl2N4O5S/c1-24-12-11(16-7(5-19(20)21)10(13)17-12)18-25(22,23)8-4-2-3-6(14)9(8)15/h2-4,20H,5H2,1H3,(H,16,18)/q-1. The van der Waals surface area contributed by atoms with E-state index in [4.69, 9.17) is 33.1 Å². The van der Waals surface area contributed by atoms with Gasteiger partial charge in [0.15, 0.2) is 0 Å². The lowest BCUT2D eigenvalue weighted by atomic mass is 10.4. The second-order valence-electron chi connectivity index (χ2n) is 4.49. The number of benzene rings is 1. The normalized spacial score (nSPS) is 11.6. The van der Waals surface area contributed by atoms with Crippen LogP contribution in [-0.2, 0) is 16.6 Å². The van der Waals surface area contributed by atoms with E-state index in [-0.39, 0.29) is 42.2 Å². The van der Waals surface area contributed by atoms with Crippen molar-refractivity contribution in [2.45, 2.75) is 11.4 Å². The summed E-state index contributed by atoms with van der Waals surface area (Å²) >= 11 is 14.8. The molecule has 0 spiro atoms. The van der Waals surface area contributed by atoms with E-state index in [9.17, 15) is 13.6 Å².